The first-order valence-electron chi connectivity index (χ1n) is 15.2. The van der Waals surface area contributed by atoms with Crippen LogP contribution in [0.5, 0.6) is 11.5 Å². The summed E-state index contributed by atoms with van der Waals surface area (Å²) in [4.78, 5) is 31.8. The number of sulfone groups is 1. The molecule has 2 aliphatic heterocycles. The maximum absolute atomic E-state index is 13.4. The maximum Gasteiger partial charge on any atom is 0.292 e. The predicted molar refractivity (Wildman–Crippen MR) is 162 cm³/mol. The Morgan fingerprint density at radius 2 is 1.84 bits per heavy atom. The number of carbonyl (C=O) groups excluding carboxylic acids is 2. The number of carbonyl (C=O) groups is 2. The molecule has 2 amide bonds. The molecule has 3 aromatic rings. The first-order chi connectivity index (χ1) is 21.3. The highest BCUT2D eigenvalue weighted by molar-refractivity contribution is 7.91. The molecule has 2 aromatic carbocycles. The fourth-order valence-corrected chi connectivity index (χ4v) is 7.10. The molecule has 1 saturated heterocycles. The quantitative estimate of drug-likeness (QED) is 0.259. The van der Waals surface area contributed by atoms with Gasteiger partial charge in [0.2, 0.25) is 28.3 Å². The van der Waals surface area contributed by atoms with Crippen molar-refractivity contribution in [3.8, 4) is 11.5 Å². The molecule has 1 aromatic heterocycles. The summed E-state index contributed by atoms with van der Waals surface area (Å²) < 4.78 is 42.5. The van der Waals surface area contributed by atoms with Crippen molar-refractivity contribution in [3.63, 3.8) is 0 Å². The molecule has 0 radical (unpaired) electrons. The summed E-state index contributed by atoms with van der Waals surface area (Å²) in [6.07, 6.45) is 5.64. The second kappa shape index (κ2) is 14.3. The van der Waals surface area contributed by atoms with E-state index in [-0.39, 0.29) is 46.7 Å². The Labute approximate surface area is 258 Å². The van der Waals surface area contributed by atoms with Crippen LogP contribution in [0.2, 0.25) is 0 Å². The van der Waals surface area contributed by atoms with E-state index in [2.05, 4.69) is 23.9 Å². The maximum atomic E-state index is 13.4. The van der Waals surface area contributed by atoms with E-state index in [0.29, 0.717) is 44.0 Å². The van der Waals surface area contributed by atoms with Gasteiger partial charge in [-0.3, -0.25) is 9.59 Å². The van der Waals surface area contributed by atoms with Crippen molar-refractivity contribution in [1.29, 1.82) is 0 Å². The molecule has 1 atom stereocenters. The van der Waals surface area contributed by atoms with Gasteiger partial charge in [-0.1, -0.05) is 24.2 Å². The molecular formula is C32H40N4O7S. The van der Waals surface area contributed by atoms with E-state index >= 15 is 0 Å². The minimum Gasteiger partial charge on any atom is -0.454 e. The number of fused-ring (bicyclic) bond motifs is 1. The number of hydrogen-bond acceptors (Lipinski definition) is 9. The Morgan fingerprint density at radius 1 is 1.02 bits per heavy atom. The van der Waals surface area contributed by atoms with Crippen LogP contribution in [0.4, 0.5) is 0 Å². The average molecular weight is 625 g/mol. The zero-order chi connectivity index (χ0) is 31.1. The van der Waals surface area contributed by atoms with E-state index in [1.165, 1.54) is 23.2 Å². The highest BCUT2D eigenvalue weighted by Crippen LogP contribution is 2.35. The van der Waals surface area contributed by atoms with E-state index in [1.54, 1.807) is 30.3 Å². The molecule has 0 bridgehead atoms. The fraction of sp³-hybridized carbons (Fsp3) is 0.469. The molecule has 3 heterocycles. The molecule has 0 N–H and O–H groups in total. The zero-order valence-corrected chi connectivity index (χ0v) is 26.1. The number of benzene rings is 2. The molecule has 11 nitrogen and oxygen atoms in total. The topological polar surface area (TPSA) is 122 Å². The van der Waals surface area contributed by atoms with Crippen molar-refractivity contribution in [2.24, 2.45) is 0 Å². The van der Waals surface area contributed by atoms with Gasteiger partial charge in [-0.15, -0.1) is 0 Å². The van der Waals surface area contributed by atoms with E-state index in [1.807, 2.05) is 11.0 Å². The predicted octanol–water partition coefficient (Wildman–Crippen LogP) is 4.03. The lowest BCUT2D eigenvalue weighted by Crippen LogP contribution is -2.40. The van der Waals surface area contributed by atoms with Crippen LogP contribution in [0.25, 0.3) is 0 Å². The summed E-state index contributed by atoms with van der Waals surface area (Å²) in [6, 6.07) is 13.6. The van der Waals surface area contributed by atoms with Crippen molar-refractivity contribution >= 4 is 21.7 Å². The third kappa shape index (κ3) is 7.41. The minimum absolute atomic E-state index is 0.0436. The summed E-state index contributed by atoms with van der Waals surface area (Å²) in [5, 5.41) is 3.59. The van der Waals surface area contributed by atoms with E-state index in [9.17, 15) is 18.0 Å². The molecule has 1 fully saturated rings. The SMILES string of the molecule is CCCN(CCCCN1CCCN(C(=O)c2ccno2)CC1=O)C(C)Cc1cccc(S(=O)(=O)c2ccc3c(c2)OCO3)c1. The first kappa shape index (κ1) is 31.5. The Hall–Kier alpha value is -3.90. The number of ether oxygens (including phenoxy) is 2. The van der Waals surface area contributed by atoms with Gasteiger partial charge in [0.15, 0.2) is 11.5 Å². The minimum atomic E-state index is -3.71. The Balaban J connectivity index is 1.13. The number of aromatic nitrogens is 1. The van der Waals surface area contributed by atoms with E-state index < -0.39 is 9.84 Å². The average Bonchev–Trinajstić information content (AvgIpc) is 3.69. The van der Waals surface area contributed by atoms with Crippen LogP contribution in [0, 0.1) is 0 Å². The molecule has 0 saturated carbocycles. The summed E-state index contributed by atoms with van der Waals surface area (Å²) in [5.41, 5.74) is 0.958. The number of nitrogens with zero attached hydrogens (tertiary/aromatic N) is 4. The highest BCUT2D eigenvalue weighted by atomic mass is 32.2. The number of hydrogen-bond donors (Lipinski definition) is 0. The molecule has 2 aliphatic rings. The summed E-state index contributed by atoms with van der Waals surface area (Å²) >= 11 is 0. The highest BCUT2D eigenvalue weighted by Gasteiger charge is 2.27. The summed E-state index contributed by atoms with van der Waals surface area (Å²) in [6.45, 7) is 8.04. The monoisotopic (exact) mass is 624 g/mol. The molecule has 0 aliphatic carbocycles. The molecule has 5 rings (SSSR count). The van der Waals surface area contributed by atoms with Crippen LogP contribution in [0.15, 0.2) is 69.0 Å². The fourth-order valence-electron chi connectivity index (χ4n) is 5.76. The molecule has 0 spiro atoms. The van der Waals surface area contributed by atoms with Crippen molar-refractivity contribution in [2.45, 2.75) is 61.8 Å². The lowest BCUT2D eigenvalue weighted by molar-refractivity contribution is -0.130. The van der Waals surface area contributed by atoms with Crippen molar-refractivity contribution in [3.05, 3.63) is 66.1 Å². The van der Waals surface area contributed by atoms with Crippen molar-refractivity contribution in [1.82, 2.24) is 19.9 Å². The van der Waals surface area contributed by atoms with Gasteiger partial charge < -0.3 is 28.7 Å². The van der Waals surface area contributed by atoms with Gasteiger partial charge in [-0.2, -0.15) is 0 Å². The standard InChI is InChI=1S/C32H40N4O7S/c1-3-14-34(15-4-5-16-35-17-7-18-36(22-31(35)37)32(38)29-12-13-33-43-29)24(2)19-25-8-6-9-26(20-25)44(39,40)27-10-11-28-30(21-27)42-23-41-28/h6,8-13,20-21,24H,3-5,7,14-19,22-23H2,1-2H3. The molecular weight excluding hydrogens is 584 g/mol. The van der Waals surface area contributed by atoms with Gasteiger partial charge in [-0.25, -0.2) is 8.42 Å². The lowest BCUT2D eigenvalue weighted by Gasteiger charge is -2.29. The number of unbranched alkanes of at least 4 members (excludes halogenated alkanes) is 1. The third-order valence-corrected chi connectivity index (χ3v) is 9.87. The number of rotatable bonds is 13. The zero-order valence-electron chi connectivity index (χ0n) is 25.3. The van der Waals surface area contributed by atoms with Crippen molar-refractivity contribution < 1.29 is 32.0 Å². The second-order valence-corrected chi connectivity index (χ2v) is 13.2. The van der Waals surface area contributed by atoms with Gasteiger partial charge in [-0.05, 0) is 81.9 Å². The molecule has 12 heteroatoms. The van der Waals surface area contributed by atoms with Gasteiger partial charge in [0.25, 0.3) is 5.91 Å². The van der Waals surface area contributed by atoms with Gasteiger partial charge in [0.1, 0.15) is 6.54 Å². The summed E-state index contributed by atoms with van der Waals surface area (Å²) in [7, 11) is -3.71. The van der Waals surface area contributed by atoms with Crippen LogP contribution in [0.3, 0.4) is 0 Å². The Bertz CT molecular complexity index is 1540. The lowest BCUT2D eigenvalue weighted by atomic mass is 10.1. The largest absolute Gasteiger partial charge is 0.454 e. The van der Waals surface area contributed by atoms with E-state index in [0.717, 1.165) is 37.9 Å². The Morgan fingerprint density at radius 3 is 2.64 bits per heavy atom. The first-order valence-corrected chi connectivity index (χ1v) is 16.7. The molecule has 1 unspecified atom stereocenters. The molecule has 44 heavy (non-hydrogen) atoms. The van der Waals surface area contributed by atoms with Crippen LogP contribution < -0.4 is 9.47 Å². The second-order valence-electron chi connectivity index (χ2n) is 11.3. The van der Waals surface area contributed by atoms with E-state index in [4.69, 9.17) is 14.0 Å². The summed E-state index contributed by atoms with van der Waals surface area (Å²) in [5.74, 6) is 0.770. The van der Waals surface area contributed by atoms with Gasteiger partial charge in [0.05, 0.1) is 16.0 Å². The normalized spacial score (nSPS) is 15.9. The van der Waals surface area contributed by atoms with Crippen LogP contribution in [-0.4, -0.2) is 92.2 Å². The van der Waals surface area contributed by atoms with Gasteiger partial charge in [0, 0.05) is 37.8 Å². The van der Waals surface area contributed by atoms with Gasteiger partial charge >= 0.3 is 0 Å². The van der Waals surface area contributed by atoms with Crippen LogP contribution in [-0.2, 0) is 21.1 Å². The Kier molecular flexibility index (Phi) is 10.2. The third-order valence-electron chi connectivity index (χ3n) is 8.12. The molecule has 236 valence electrons. The number of amides is 2. The van der Waals surface area contributed by atoms with Crippen LogP contribution >= 0.6 is 0 Å². The van der Waals surface area contributed by atoms with Crippen molar-refractivity contribution in [2.75, 3.05) is 46.1 Å². The smallest absolute Gasteiger partial charge is 0.292 e. The van der Waals surface area contributed by atoms with Crippen LogP contribution in [0.1, 0.15) is 55.6 Å².